The molecule has 1 aliphatic carbocycles. The molecule has 0 spiro atoms. The number of benzene rings is 1. The van der Waals surface area contributed by atoms with E-state index in [1.54, 1.807) is 0 Å². The number of hydrogen-bond donors (Lipinski definition) is 1. The highest BCUT2D eigenvalue weighted by Crippen LogP contribution is 2.39. The summed E-state index contributed by atoms with van der Waals surface area (Å²) in [6.45, 7) is 2.32. The average molecular weight is 203 g/mol. The van der Waals surface area contributed by atoms with E-state index in [2.05, 4.69) is 36.5 Å². The van der Waals surface area contributed by atoms with E-state index in [-0.39, 0.29) is 0 Å². The van der Waals surface area contributed by atoms with E-state index >= 15 is 0 Å². The van der Waals surface area contributed by atoms with Gasteiger partial charge >= 0.3 is 0 Å². The molecule has 2 unspecified atom stereocenters. The van der Waals surface area contributed by atoms with Crippen molar-refractivity contribution in [3.63, 3.8) is 0 Å². The Morgan fingerprint density at radius 3 is 2.53 bits per heavy atom. The molecule has 1 aromatic rings. The first kappa shape index (κ1) is 10.5. The Morgan fingerprint density at radius 2 is 1.93 bits per heavy atom. The number of hydrogen-bond acceptors (Lipinski definition) is 1. The van der Waals surface area contributed by atoms with Crippen LogP contribution in [0.5, 0.6) is 0 Å². The van der Waals surface area contributed by atoms with Gasteiger partial charge in [0.05, 0.1) is 0 Å². The molecule has 0 saturated heterocycles. The molecule has 1 aromatic carbocycles. The monoisotopic (exact) mass is 203 g/mol. The normalized spacial score (nSPS) is 24.7. The molecule has 82 valence electrons. The Balaban J connectivity index is 2.04. The molecule has 1 heteroatoms. The standard InChI is InChI=1S/C14H21N/c1-3-11-8-9-12(11)10-13-6-4-5-7-14(13)15-2/h4-7,11-12,15H,3,8-10H2,1-2H3. The van der Waals surface area contributed by atoms with E-state index in [0.717, 1.165) is 11.8 Å². The Kier molecular flexibility index (Phi) is 3.30. The van der Waals surface area contributed by atoms with Gasteiger partial charge < -0.3 is 5.32 Å². The van der Waals surface area contributed by atoms with Crippen LogP contribution in [0.2, 0.25) is 0 Å². The molecule has 1 fully saturated rings. The first-order chi connectivity index (χ1) is 7.35. The zero-order valence-corrected chi connectivity index (χ0v) is 9.79. The smallest absolute Gasteiger partial charge is 0.0370 e. The number of para-hydroxylation sites is 1. The third-order valence-corrected chi connectivity index (χ3v) is 3.87. The summed E-state index contributed by atoms with van der Waals surface area (Å²) in [6.07, 6.45) is 5.49. The molecule has 0 aliphatic heterocycles. The summed E-state index contributed by atoms with van der Waals surface area (Å²) in [4.78, 5) is 0. The van der Waals surface area contributed by atoms with Crippen LogP contribution < -0.4 is 5.32 Å². The van der Waals surface area contributed by atoms with Crippen molar-refractivity contribution in [3.8, 4) is 0 Å². The van der Waals surface area contributed by atoms with Gasteiger partial charge in [0.1, 0.15) is 0 Å². The molecule has 2 atom stereocenters. The number of rotatable bonds is 4. The fourth-order valence-electron chi connectivity index (χ4n) is 2.67. The van der Waals surface area contributed by atoms with E-state index in [9.17, 15) is 0 Å². The Morgan fingerprint density at radius 1 is 1.20 bits per heavy atom. The quantitative estimate of drug-likeness (QED) is 0.786. The first-order valence-electron chi connectivity index (χ1n) is 6.10. The van der Waals surface area contributed by atoms with Crippen molar-refractivity contribution in [1.29, 1.82) is 0 Å². The van der Waals surface area contributed by atoms with Gasteiger partial charge in [-0.1, -0.05) is 31.5 Å². The Hall–Kier alpha value is -0.980. The summed E-state index contributed by atoms with van der Waals surface area (Å²) in [5.74, 6) is 1.92. The molecule has 0 bridgehead atoms. The fraction of sp³-hybridized carbons (Fsp3) is 0.571. The molecule has 0 aromatic heterocycles. The average Bonchev–Trinajstić information content (AvgIpc) is 2.25. The van der Waals surface area contributed by atoms with Crippen molar-refractivity contribution in [2.45, 2.75) is 32.6 Å². The van der Waals surface area contributed by atoms with Crippen LogP contribution >= 0.6 is 0 Å². The van der Waals surface area contributed by atoms with Gasteiger partial charge in [-0.15, -0.1) is 0 Å². The molecule has 0 radical (unpaired) electrons. The fourth-order valence-corrected chi connectivity index (χ4v) is 2.67. The first-order valence-corrected chi connectivity index (χ1v) is 6.10. The van der Waals surface area contributed by atoms with E-state index in [0.29, 0.717) is 0 Å². The molecule has 1 nitrogen and oxygen atoms in total. The lowest BCUT2D eigenvalue weighted by molar-refractivity contribution is 0.170. The van der Waals surface area contributed by atoms with E-state index in [1.165, 1.54) is 36.9 Å². The Bertz CT molecular complexity index is 317. The van der Waals surface area contributed by atoms with Gasteiger partial charge in [-0.3, -0.25) is 0 Å². The van der Waals surface area contributed by atoms with Gasteiger partial charge in [-0.2, -0.15) is 0 Å². The van der Waals surface area contributed by atoms with Gasteiger partial charge in [0.2, 0.25) is 0 Å². The maximum Gasteiger partial charge on any atom is 0.0370 e. The van der Waals surface area contributed by atoms with Crippen molar-refractivity contribution in [1.82, 2.24) is 0 Å². The molecular weight excluding hydrogens is 182 g/mol. The van der Waals surface area contributed by atoms with Crippen molar-refractivity contribution in [2.75, 3.05) is 12.4 Å². The molecule has 0 amide bonds. The van der Waals surface area contributed by atoms with Crippen molar-refractivity contribution >= 4 is 5.69 Å². The largest absolute Gasteiger partial charge is 0.388 e. The minimum Gasteiger partial charge on any atom is -0.388 e. The van der Waals surface area contributed by atoms with Crippen molar-refractivity contribution in [3.05, 3.63) is 29.8 Å². The van der Waals surface area contributed by atoms with E-state index in [1.807, 2.05) is 7.05 Å². The zero-order valence-electron chi connectivity index (χ0n) is 9.79. The lowest BCUT2D eigenvalue weighted by atomic mass is 9.69. The molecular formula is C14H21N. The predicted molar refractivity (Wildman–Crippen MR) is 66.2 cm³/mol. The highest BCUT2D eigenvalue weighted by Gasteiger charge is 2.29. The second kappa shape index (κ2) is 4.69. The van der Waals surface area contributed by atoms with Gasteiger partial charge in [0, 0.05) is 12.7 Å². The molecule has 1 aliphatic rings. The van der Waals surface area contributed by atoms with Crippen LogP contribution in [0.3, 0.4) is 0 Å². The Labute approximate surface area is 92.9 Å². The van der Waals surface area contributed by atoms with Crippen molar-refractivity contribution < 1.29 is 0 Å². The summed E-state index contributed by atoms with van der Waals surface area (Å²) in [5, 5.41) is 3.28. The molecule has 1 saturated carbocycles. The van der Waals surface area contributed by atoms with Crippen molar-refractivity contribution in [2.24, 2.45) is 11.8 Å². The minimum atomic E-state index is 0.935. The number of anilines is 1. The topological polar surface area (TPSA) is 12.0 Å². The summed E-state index contributed by atoms with van der Waals surface area (Å²) < 4.78 is 0. The van der Waals surface area contributed by atoms with Crippen LogP contribution in [0, 0.1) is 11.8 Å². The second-order valence-corrected chi connectivity index (χ2v) is 4.62. The van der Waals surface area contributed by atoms with E-state index in [4.69, 9.17) is 0 Å². The van der Waals surface area contributed by atoms with Crippen LogP contribution in [0.1, 0.15) is 31.7 Å². The minimum absolute atomic E-state index is 0.935. The highest BCUT2D eigenvalue weighted by molar-refractivity contribution is 5.50. The summed E-state index contributed by atoms with van der Waals surface area (Å²) in [7, 11) is 2.01. The highest BCUT2D eigenvalue weighted by atomic mass is 14.8. The van der Waals surface area contributed by atoms with Crippen LogP contribution in [-0.4, -0.2) is 7.05 Å². The summed E-state index contributed by atoms with van der Waals surface area (Å²) in [5.41, 5.74) is 2.79. The van der Waals surface area contributed by atoms with Gasteiger partial charge in [0.25, 0.3) is 0 Å². The summed E-state index contributed by atoms with van der Waals surface area (Å²) >= 11 is 0. The SMILES string of the molecule is CCC1CCC1Cc1ccccc1NC. The third kappa shape index (κ3) is 2.17. The molecule has 15 heavy (non-hydrogen) atoms. The van der Waals surface area contributed by atoms with Gasteiger partial charge in [-0.05, 0) is 42.7 Å². The van der Waals surface area contributed by atoms with Crippen LogP contribution in [0.25, 0.3) is 0 Å². The zero-order chi connectivity index (χ0) is 10.7. The lowest BCUT2D eigenvalue weighted by Gasteiger charge is -2.36. The molecule has 0 heterocycles. The van der Waals surface area contributed by atoms with Crippen LogP contribution in [0.15, 0.2) is 24.3 Å². The van der Waals surface area contributed by atoms with Crippen LogP contribution in [0.4, 0.5) is 5.69 Å². The number of nitrogens with one attached hydrogen (secondary N) is 1. The third-order valence-electron chi connectivity index (χ3n) is 3.87. The summed E-state index contributed by atoms with van der Waals surface area (Å²) in [6, 6.07) is 8.69. The predicted octanol–water partition coefficient (Wildman–Crippen LogP) is 3.71. The molecule has 2 rings (SSSR count). The second-order valence-electron chi connectivity index (χ2n) is 4.62. The van der Waals surface area contributed by atoms with Gasteiger partial charge in [0.15, 0.2) is 0 Å². The van der Waals surface area contributed by atoms with E-state index < -0.39 is 0 Å². The van der Waals surface area contributed by atoms with Crippen LogP contribution in [-0.2, 0) is 6.42 Å². The molecule has 1 N–H and O–H groups in total. The van der Waals surface area contributed by atoms with Gasteiger partial charge in [-0.25, -0.2) is 0 Å². The maximum absolute atomic E-state index is 3.28. The maximum atomic E-state index is 3.28. The lowest BCUT2D eigenvalue weighted by Crippen LogP contribution is -2.27.